The number of aromatic nitrogens is 1. The van der Waals surface area contributed by atoms with Crippen LogP contribution in [0.3, 0.4) is 0 Å². The van der Waals surface area contributed by atoms with Crippen molar-refractivity contribution in [2.75, 3.05) is 5.32 Å². The van der Waals surface area contributed by atoms with Crippen LogP contribution in [-0.4, -0.2) is 10.9 Å². The topological polar surface area (TPSA) is 42.0 Å². The van der Waals surface area contributed by atoms with Gasteiger partial charge in [-0.1, -0.05) is 24.3 Å². The van der Waals surface area contributed by atoms with Crippen molar-refractivity contribution >= 4 is 11.6 Å². The zero-order chi connectivity index (χ0) is 12.3. The molecule has 3 heteroatoms. The summed E-state index contributed by atoms with van der Waals surface area (Å²) >= 11 is 0. The maximum atomic E-state index is 12.0. The summed E-state index contributed by atoms with van der Waals surface area (Å²) in [5, 5.41) is 2.87. The van der Waals surface area contributed by atoms with Gasteiger partial charge in [0.2, 0.25) is 0 Å². The average Bonchev–Trinajstić information content (AvgIpc) is 2.32. The van der Waals surface area contributed by atoms with E-state index in [1.807, 2.05) is 50.2 Å². The molecule has 3 nitrogen and oxygen atoms in total. The van der Waals surface area contributed by atoms with Gasteiger partial charge >= 0.3 is 0 Å². The van der Waals surface area contributed by atoms with Gasteiger partial charge in [0.25, 0.3) is 5.91 Å². The molecule has 0 spiro atoms. The van der Waals surface area contributed by atoms with E-state index < -0.39 is 0 Å². The molecule has 0 aliphatic carbocycles. The van der Waals surface area contributed by atoms with Crippen molar-refractivity contribution in [3.63, 3.8) is 0 Å². The smallest absolute Gasteiger partial charge is 0.274 e. The summed E-state index contributed by atoms with van der Waals surface area (Å²) in [7, 11) is 0. The third-order valence-corrected chi connectivity index (χ3v) is 2.62. The molecule has 0 unspecified atom stereocenters. The minimum absolute atomic E-state index is 0.169. The molecule has 2 aromatic rings. The summed E-state index contributed by atoms with van der Waals surface area (Å²) in [5.74, 6) is -0.169. The first-order valence-corrected chi connectivity index (χ1v) is 5.47. The molecule has 0 aliphatic heterocycles. The van der Waals surface area contributed by atoms with Crippen LogP contribution in [-0.2, 0) is 0 Å². The molecule has 0 radical (unpaired) electrons. The van der Waals surface area contributed by atoms with E-state index in [0.29, 0.717) is 5.69 Å². The van der Waals surface area contributed by atoms with Crippen LogP contribution in [0.25, 0.3) is 0 Å². The maximum absolute atomic E-state index is 12.0. The van der Waals surface area contributed by atoms with Crippen molar-refractivity contribution in [1.82, 2.24) is 4.98 Å². The van der Waals surface area contributed by atoms with Crippen molar-refractivity contribution in [1.29, 1.82) is 0 Å². The molecule has 0 atom stereocenters. The number of amides is 1. The minimum atomic E-state index is -0.169. The number of aryl methyl sites for hydroxylation is 2. The number of benzene rings is 1. The molecule has 17 heavy (non-hydrogen) atoms. The largest absolute Gasteiger partial charge is 0.320 e. The van der Waals surface area contributed by atoms with Gasteiger partial charge in [-0.25, -0.2) is 0 Å². The van der Waals surface area contributed by atoms with Crippen LogP contribution < -0.4 is 5.32 Å². The summed E-state index contributed by atoms with van der Waals surface area (Å²) in [4.78, 5) is 16.1. The Morgan fingerprint density at radius 1 is 1.06 bits per heavy atom. The maximum Gasteiger partial charge on any atom is 0.274 e. The number of nitrogens with one attached hydrogen (secondary N) is 1. The molecule has 1 aromatic heterocycles. The minimum Gasteiger partial charge on any atom is -0.320 e. The van der Waals surface area contributed by atoms with Gasteiger partial charge in [0, 0.05) is 11.9 Å². The normalized spacial score (nSPS) is 10.0. The fraction of sp³-hybridized carbons (Fsp3) is 0.143. The van der Waals surface area contributed by atoms with E-state index in [9.17, 15) is 4.79 Å². The zero-order valence-electron chi connectivity index (χ0n) is 9.90. The highest BCUT2D eigenvalue weighted by molar-refractivity contribution is 6.04. The molecule has 2 rings (SSSR count). The fourth-order valence-electron chi connectivity index (χ4n) is 1.62. The molecule has 0 saturated heterocycles. The predicted molar refractivity (Wildman–Crippen MR) is 68.1 cm³/mol. The SMILES string of the molecule is Cc1ccccc1NC(=O)c1ncccc1C. The Balaban J connectivity index is 2.24. The van der Waals surface area contributed by atoms with E-state index in [-0.39, 0.29) is 5.91 Å². The number of nitrogens with zero attached hydrogens (tertiary/aromatic N) is 1. The second-order valence-electron chi connectivity index (χ2n) is 3.94. The Labute approximate surface area is 101 Å². The Hall–Kier alpha value is -2.16. The van der Waals surface area contributed by atoms with Gasteiger partial charge in [0.05, 0.1) is 0 Å². The number of hydrogen-bond acceptors (Lipinski definition) is 2. The van der Waals surface area contributed by atoms with Gasteiger partial charge in [-0.05, 0) is 37.1 Å². The number of carbonyl (C=O) groups excluding carboxylic acids is 1. The van der Waals surface area contributed by atoms with Crippen LogP contribution in [0.15, 0.2) is 42.6 Å². The van der Waals surface area contributed by atoms with Gasteiger partial charge in [0.1, 0.15) is 5.69 Å². The van der Waals surface area contributed by atoms with Gasteiger partial charge in [0.15, 0.2) is 0 Å². The fourth-order valence-corrected chi connectivity index (χ4v) is 1.62. The first kappa shape index (κ1) is 11.3. The summed E-state index contributed by atoms with van der Waals surface area (Å²) in [6.07, 6.45) is 1.62. The van der Waals surface area contributed by atoms with Crippen LogP contribution >= 0.6 is 0 Å². The van der Waals surface area contributed by atoms with E-state index in [4.69, 9.17) is 0 Å². The summed E-state index contributed by atoms with van der Waals surface area (Å²) in [6, 6.07) is 11.4. The van der Waals surface area contributed by atoms with Gasteiger partial charge in [-0.3, -0.25) is 9.78 Å². The molecule has 1 N–H and O–H groups in total. The predicted octanol–water partition coefficient (Wildman–Crippen LogP) is 2.95. The Bertz CT molecular complexity index is 549. The van der Waals surface area contributed by atoms with Crippen LogP contribution in [0.1, 0.15) is 21.6 Å². The van der Waals surface area contributed by atoms with Crippen molar-refractivity contribution in [2.45, 2.75) is 13.8 Å². The zero-order valence-corrected chi connectivity index (χ0v) is 9.90. The first-order chi connectivity index (χ1) is 8.18. The standard InChI is InChI=1S/C14H14N2O/c1-10-6-3-4-8-12(10)16-14(17)13-11(2)7-5-9-15-13/h3-9H,1-2H3,(H,16,17). The molecule has 0 fully saturated rings. The Morgan fingerprint density at radius 3 is 2.47 bits per heavy atom. The third kappa shape index (κ3) is 2.50. The highest BCUT2D eigenvalue weighted by Gasteiger charge is 2.10. The van der Waals surface area contributed by atoms with E-state index in [1.54, 1.807) is 6.20 Å². The van der Waals surface area contributed by atoms with Crippen LogP contribution in [0.2, 0.25) is 0 Å². The second kappa shape index (κ2) is 4.78. The quantitative estimate of drug-likeness (QED) is 0.855. The lowest BCUT2D eigenvalue weighted by Gasteiger charge is -2.08. The van der Waals surface area contributed by atoms with E-state index in [0.717, 1.165) is 16.8 Å². The summed E-state index contributed by atoms with van der Waals surface area (Å²) < 4.78 is 0. The number of carbonyl (C=O) groups is 1. The number of para-hydroxylation sites is 1. The van der Waals surface area contributed by atoms with Crippen molar-refractivity contribution in [2.24, 2.45) is 0 Å². The lowest BCUT2D eigenvalue weighted by atomic mass is 10.1. The van der Waals surface area contributed by atoms with E-state index >= 15 is 0 Å². The Morgan fingerprint density at radius 2 is 1.76 bits per heavy atom. The molecule has 0 aliphatic rings. The van der Waals surface area contributed by atoms with Crippen LogP contribution in [0.5, 0.6) is 0 Å². The summed E-state index contributed by atoms with van der Waals surface area (Å²) in [5.41, 5.74) is 3.20. The van der Waals surface area contributed by atoms with Gasteiger partial charge in [-0.2, -0.15) is 0 Å². The number of pyridine rings is 1. The van der Waals surface area contributed by atoms with E-state index in [1.165, 1.54) is 0 Å². The number of hydrogen-bond donors (Lipinski definition) is 1. The second-order valence-corrected chi connectivity index (χ2v) is 3.94. The molecule has 1 amide bonds. The van der Waals surface area contributed by atoms with Crippen molar-refractivity contribution < 1.29 is 4.79 Å². The van der Waals surface area contributed by atoms with Crippen LogP contribution in [0.4, 0.5) is 5.69 Å². The molecule has 0 bridgehead atoms. The summed E-state index contributed by atoms with van der Waals surface area (Å²) in [6.45, 7) is 3.83. The molecule has 1 aromatic carbocycles. The lowest BCUT2D eigenvalue weighted by molar-refractivity contribution is 0.102. The van der Waals surface area contributed by atoms with Gasteiger partial charge in [-0.15, -0.1) is 0 Å². The van der Waals surface area contributed by atoms with Crippen molar-refractivity contribution in [3.8, 4) is 0 Å². The molecule has 0 saturated carbocycles. The Kier molecular flexibility index (Phi) is 3.19. The number of anilines is 1. The highest BCUT2D eigenvalue weighted by atomic mass is 16.1. The monoisotopic (exact) mass is 226 g/mol. The number of rotatable bonds is 2. The van der Waals surface area contributed by atoms with Crippen molar-refractivity contribution in [3.05, 3.63) is 59.4 Å². The molecular formula is C14H14N2O. The molecule has 1 heterocycles. The molecular weight excluding hydrogens is 212 g/mol. The highest BCUT2D eigenvalue weighted by Crippen LogP contribution is 2.14. The van der Waals surface area contributed by atoms with E-state index in [2.05, 4.69) is 10.3 Å². The molecule has 86 valence electrons. The lowest BCUT2D eigenvalue weighted by Crippen LogP contribution is -2.15. The van der Waals surface area contributed by atoms with Gasteiger partial charge < -0.3 is 5.32 Å². The van der Waals surface area contributed by atoms with Crippen LogP contribution in [0, 0.1) is 13.8 Å². The first-order valence-electron chi connectivity index (χ1n) is 5.47. The third-order valence-electron chi connectivity index (χ3n) is 2.62. The average molecular weight is 226 g/mol.